The fraction of sp³-hybridized carbons (Fsp3) is 0.263. The van der Waals surface area contributed by atoms with Gasteiger partial charge in [-0.15, -0.1) is 0 Å². The van der Waals surface area contributed by atoms with Gasteiger partial charge in [0.15, 0.2) is 5.96 Å². The Hall–Kier alpha value is -3.02. The van der Waals surface area contributed by atoms with Crippen molar-refractivity contribution in [1.82, 2.24) is 10.6 Å². The van der Waals surface area contributed by atoms with Gasteiger partial charge in [0.05, 0.1) is 12.6 Å². The molecular formula is C19H23N3O3. The van der Waals surface area contributed by atoms with E-state index in [1.54, 1.807) is 12.1 Å². The molecule has 0 spiro atoms. The molecule has 6 heteroatoms. The minimum absolute atomic E-state index is 0.0730. The Morgan fingerprint density at radius 3 is 2.56 bits per heavy atom. The Morgan fingerprint density at radius 1 is 1.24 bits per heavy atom. The van der Waals surface area contributed by atoms with Crippen LogP contribution in [0.3, 0.4) is 0 Å². The van der Waals surface area contributed by atoms with Crippen LogP contribution < -0.4 is 10.6 Å². The van der Waals surface area contributed by atoms with Crippen LogP contribution in [0.25, 0.3) is 0 Å². The normalized spacial score (nSPS) is 13.7. The fourth-order valence-electron chi connectivity index (χ4n) is 2.50. The Labute approximate surface area is 147 Å². The average Bonchev–Trinajstić information content (AvgIpc) is 3.08. The highest BCUT2D eigenvalue weighted by Gasteiger charge is 2.16. The summed E-state index contributed by atoms with van der Waals surface area (Å²) in [5.74, 6) is 0.285. The third kappa shape index (κ3) is 6.55. The standard InChI is InChI=1S/C17H19N3O.C2H4O2/c21-15-8-4-7-14(12-15)16(20-17-18-9-10-19-17)11-13-5-2-1-3-6-13;1-2(3)4/h1-8,12,16,21H,9-11H2,(H2,18,19,20);1H3,(H,3,4). The van der Waals surface area contributed by atoms with Gasteiger partial charge in [-0.1, -0.05) is 42.5 Å². The Kier molecular flexibility index (Phi) is 6.83. The number of phenols is 1. The van der Waals surface area contributed by atoms with Crippen LogP contribution in [0.1, 0.15) is 24.1 Å². The van der Waals surface area contributed by atoms with E-state index in [9.17, 15) is 5.11 Å². The largest absolute Gasteiger partial charge is 0.508 e. The first kappa shape index (κ1) is 18.3. The number of hydrogen-bond donors (Lipinski definition) is 4. The van der Waals surface area contributed by atoms with Crippen LogP contribution in [0.5, 0.6) is 5.75 Å². The van der Waals surface area contributed by atoms with Gasteiger partial charge in [0.25, 0.3) is 5.97 Å². The topological polar surface area (TPSA) is 94.0 Å². The first-order valence-corrected chi connectivity index (χ1v) is 8.12. The molecule has 0 saturated carbocycles. The quantitative estimate of drug-likeness (QED) is 0.685. The molecule has 3 rings (SSSR count). The summed E-state index contributed by atoms with van der Waals surface area (Å²) < 4.78 is 0. The van der Waals surface area contributed by atoms with Gasteiger partial charge in [-0.05, 0) is 29.7 Å². The van der Waals surface area contributed by atoms with Gasteiger partial charge in [-0.2, -0.15) is 0 Å². The number of carboxylic acids is 1. The molecule has 1 unspecified atom stereocenters. The van der Waals surface area contributed by atoms with E-state index >= 15 is 0 Å². The Bertz CT molecular complexity index is 713. The average molecular weight is 341 g/mol. The summed E-state index contributed by atoms with van der Waals surface area (Å²) in [4.78, 5) is 13.4. The van der Waals surface area contributed by atoms with E-state index < -0.39 is 5.97 Å². The molecule has 0 radical (unpaired) electrons. The number of benzene rings is 2. The van der Waals surface area contributed by atoms with Crippen LogP contribution in [0, 0.1) is 0 Å². The highest BCUT2D eigenvalue weighted by Crippen LogP contribution is 2.22. The molecule has 2 aromatic rings. The number of aliphatic imine (C=N–C) groups is 1. The minimum Gasteiger partial charge on any atom is -0.508 e. The first-order valence-electron chi connectivity index (χ1n) is 8.12. The lowest BCUT2D eigenvalue weighted by atomic mass is 9.99. The van der Waals surface area contributed by atoms with E-state index in [4.69, 9.17) is 9.90 Å². The van der Waals surface area contributed by atoms with Crippen LogP contribution in [0.2, 0.25) is 0 Å². The number of carboxylic acid groups (broad SMARTS) is 1. The van der Waals surface area contributed by atoms with Crippen LogP contribution in [-0.2, 0) is 11.2 Å². The molecule has 1 atom stereocenters. The summed E-state index contributed by atoms with van der Waals surface area (Å²) >= 11 is 0. The third-order valence-corrected chi connectivity index (χ3v) is 3.54. The van der Waals surface area contributed by atoms with Crippen molar-refractivity contribution in [3.63, 3.8) is 0 Å². The number of carbonyl (C=O) groups is 1. The maximum atomic E-state index is 9.72. The number of guanidine groups is 1. The third-order valence-electron chi connectivity index (χ3n) is 3.54. The second-order valence-electron chi connectivity index (χ2n) is 5.66. The molecule has 132 valence electrons. The van der Waals surface area contributed by atoms with Crippen LogP contribution in [-0.4, -0.2) is 35.2 Å². The summed E-state index contributed by atoms with van der Waals surface area (Å²) in [6.45, 7) is 2.76. The number of aliphatic carboxylic acids is 1. The summed E-state index contributed by atoms with van der Waals surface area (Å²) in [7, 11) is 0. The zero-order valence-electron chi connectivity index (χ0n) is 14.1. The number of phenolic OH excluding ortho intramolecular Hbond substituents is 1. The monoisotopic (exact) mass is 341 g/mol. The molecule has 1 heterocycles. The van der Waals surface area contributed by atoms with Crippen LogP contribution in [0.4, 0.5) is 0 Å². The molecule has 4 N–H and O–H groups in total. The van der Waals surface area contributed by atoms with E-state index in [1.165, 1.54) is 5.56 Å². The van der Waals surface area contributed by atoms with Gasteiger partial charge < -0.3 is 20.8 Å². The Balaban J connectivity index is 0.000000511. The summed E-state index contributed by atoms with van der Waals surface area (Å²) in [6.07, 6.45) is 0.838. The molecule has 6 nitrogen and oxygen atoms in total. The van der Waals surface area contributed by atoms with Crippen molar-refractivity contribution in [3.05, 3.63) is 65.7 Å². The highest BCUT2D eigenvalue weighted by atomic mass is 16.4. The van der Waals surface area contributed by atoms with E-state index in [0.29, 0.717) is 0 Å². The van der Waals surface area contributed by atoms with Crippen molar-refractivity contribution in [2.24, 2.45) is 4.99 Å². The fourth-order valence-corrected chi connectivity index (χ4v) is 2.50. The molecule has 0 aliphatic carbocycles. The van der Waals surface area contributed by atoms with Crippen molar-refractivity contribution in [2.45, 2.75) is 19.4 Å². The minimum atomic E-state index is -0.833. The lowest BCUT2D eigenvalue weighted by molar-refractivity contribution is -0.134. The lowest BCUT2D eigenvalue weighted by Gasteiger charge is -2.20. The maximum Gasteiger partial charge on any atom is 0.300 e. The van der Waals surface area contributed by atoms with Gasteiger partial charge in [0.1, 0.15) is 5.75 Å². The maximum absolute atomic E-state index is 9.72. The predicted octanol–water partition coefficient (Wildman–Crippen LogP) is 2.32. The highest BCUT2D eigenvalue weighted by molar-refractivity contribution is 5.81. The molecule has 0 saturated heterocycles. The lowest BCUT2D eigenvalue weighted by Crippen LogP contribution is -2.37. The zero-order chi connectivity index (χ0) is 18.1. The van der Waals surface area contributed by atoms with E-state index in [-0.39, 0.29) is 11.8 Å². The first-order chi connectivity index (χ1) is 12.0. The van der Waals surface area contributed by atoms with Gasteiger partial charge in [0, 0.05) is 13.5 Å². The van der Waals surface area contributed by atoms with Gasteiger partial charge in [-0.25, -0.2) is 0 Å². The molecule has 0 aromatic heterocycles. The van der Waals surface area contributed by atoms with Gasteiger partial charge in [0.2, 0.25) is 0 Å². The van der Waals surface area contributed by atoms with Crippen molar-refractivity contribution in [2.75, 3.05) is 13.1 Å². The summed E-state index contributed by atoms with van der Waals surface area (Å²) in [5, 5.41) is 23.8. The number of nitrogens with one attached hydrogen (secondary N) is 2. The van der Waals surface area contributed by atoms with Crippen LogP contribution >= 0.6 is 0 Å². The molecule has 1 aliphatic heterocycles. The Morgan fingerprint density at radius 2 is 1.96 bits per heavy atom. The summed E-state index contributed by atoms with van der Waals surface area (Å²) in [6, 6.07) is 17.8. The molecule has 25 heavy (non-hydrogen) atoms. The molecule has 0 bridgehead atoms. The predicted molar refractivity (Wildman–Crippen MR) is 97.7 cm³/mol. The van der Waals surface area contributed by atoms with Crippen molar-refractivity contribution < 1.29 is 15.0 Å². The molecule has 2 aromatic carbocycles. The molecule has 0 amide bonds. The van der Waals surface area contributed by atoms with Gasteiger partial charge in [-0.3, -0.25) is 9.79 Å². The van der Waals surface area contributed by atoms with E-state index in [1.807, 2.05) is 30.3 Å². The van der Waals surface area contributed by atoms with Crippen LogP contribution in [0.15, 0.2) is 59.6 Å². The summed E-state index contributed by atoms with van der Waals surface area (Å²) in [5.41, 5.74) is 2.30. The van der Waals surface area contributed by atoms with E-state index in [2.05, 4.69) is 27.8 Å². The smallest absolute Gasteiger partial charge is 0.300 e. The second kappa shape index (κ2) is 9.32. The molecule has 0 fully saturated rings. The van der Waals surface area contributed by atoms with Crippen molar-refractivity contribution in [1.29, 1.82) is 0 Å². The number of aromatic hydroxyl groups is 1. The SMILES string of the molecule is CC(=O)O.Oc1cccc(C(Cc2ccccc2)NC2=NCCN2)c1. The number of nitrogens with zero attached hydrogens (tertiary/aromatic N) is 1. The zero-order valence-corrected chi connectivity index (χ0v) is 14.1. The van der Waals surface area contributed by atoms with Crippen molar-refractivity contribution in [3.8, 4) is 5.75 Å². The molecular weight excluding hydrogens is 318 g/mol. The number of hydrogen-bond acceptors (Lipinski definition) is 5. The van der Waals surface area contributed by atoms with Gasteiger partial charge >= 0.3 is 0 Å². The number of rotatable bonds is 4. The van der Waals surface area contributed by atoms with Crippen molar-refractivity contribution >= 4 is 11.9 Å². The second-order valence-corrected chi connectivity index (χ2v) is 5.66. The molecule has 1 aliphatic rings. The van der Waals surface area contributed by atoms with E-state index in [0.717, 1.165) is 38.0 Å².